The van der Waals surface area contributed by atoms with Gasteiger partial charge in [0, 0.05) is 6.61 Å². The zero-order valence-electron chi connectivity index (χ0n) is 4.99. The molecule has 0 spiro atoms. The number of carboxylic acids is 1. The van der Waals surface area contributed by atoms with Gasteiger partial charge < -0.3 is 9.84 Å². The van der Waals surface area contributed by atoms with E-state index in [0.717, 1.165) is 0 Å². The topological polar surface area (TPSA) is 46.5 Å². The molecule has 9 heavy (non-hydrogen) atoms. The van der Waals surface area contributed by atoms with Crippen LogP contribution < -0.4 is 0 Å². The van der Waals surface area contributed by atoms with Crippen molar-refractivity contribution in [3.8, 4) is 0 Å². The summed E-state index contributed by atoms with van der Waals surface area (Å²) in [5.41, 5.74) is 0. The van der Waals surface area contributed by atoms with Gasteiger partial charge in [0.15, 0.2) is 0 Å². The van der Waals surface area contributed by atoms with Gasteiger partial charge in [0.25, 0.3) is 0 Å². The smallest absolute Gasteiger partial charge is 0.329 e. The number of aliphatic carboxylic acids is 1. The molecule has 0 atom stereocenters. The molecule has 0 aromatic carbocycles. The molecular formula is C4H10Cl2O3. The number of halogens is 2. The number of ether oxygens (including phenoxy) is 1. The summed E-state index contributed by atoms with van der Waals surface area (Å²) in [7, 11) is 0. The van der Waals surface area contributed by atoms with Gasteiger partial charge in [-0.2, -0.15) is 0 Å². The van der Waals surface area contributed by atoms with Gasteiger partial charge in [0.2, 0.25) is 0 Å². The van der Waals surface area contributed by atoms with Crippen molar-refractivity contribution in [1.29, 1.82) is 0 Å². The Morgan fingerprint density at radius 2 is 2.00 bits per heavy atom. The first-order valence-corrected chi connectivity index (χ1v) is 2.07. The van der Waals surface area contributed by atoms with E-state index in [1.165, 1.54) is 0 Å². The van der Waals surface area contributed by atoms with E-state index in [1.807, 2.05) is 0 Å². The molecule has 0 bridgehead atoms. The van der Waals surface area contributed by atoms with Gasteiger partial charge in [-0.1, -0.05) is 0 Å². The van der Waals surface area contributed by atoms with E-state index < -0.39 is 5.97 Å². The number of hydrogen-bond donors (Lipinski definition) is 1. The highest BCUT2D eigenvalue weighted by Gasteiger charge is 1.90. The quantitative estimate of drug-likeness (QED) is 0.697. The largest absolute Gasteiger partial charge is 0.480 e. The van der Waals surface area contributed by atoms with E-state index in [9.17, 15) is 4.79 Å². The van der Waals surface area contributed by atoms with Gasteiger partial charge in [-0.25, -0.2) is 4.79 Å². The predicted octanol–water partition coefficient (Wildman–Crippen LogP) is 0.951. The summed E-state index contributed by atoms with van der Waals surface area (Å²) in [5.74, 6) is -0.915. The number of hydrogen-bond acceptors (Lipinski definition) is 2. The zero-order chi connectivity index (χ0) is 5.70. The van der Waals surface area contributed by atoms with Gasteiger partial charge in [-0.3, -0.25) is 0 Å². The summed E-state index contributed by atoms with van der Waals surface area (Å²) in [6.07, 6.45) is 0. The van der Waals surface area contributed by atoms with Crippen LogP contribution in [0.1, 0.15) is 6.92 Å². The molecule has 0 unspecified atom stereocenters. The molecular weight excluding hydrogens is 167 g/mol. The van der Waals surface area contributed by atoms with Crippen molar-refractivity contribution >= 4 is 30.8 Å². The van der Waals surface area contributed by atoms with Crippen LogP contribution in [-0.4, -0.2) is 24.3 Å². The molecule has 0 heterocycles. The average Bonchev–Trinajstić information content (AvgIpc) is 1.61. The van der Waals surface area contributed by atoms with Crippen LogP contribution in [0.25, 0.3) is 0 Å². The van der Waals surface area contributed by atoms with Crippen molar-refractivity contribution < 1.29 is 14.6 Å². The van der Waals surface area contributed by atoms with Gasteiger partial charge in [0.1, 0.15) is 6.61 Å². The molecule has 0 saturated heterocycles. The van der Waals surface area contributed by atoms with Gasteiger partial charge in [-0.05, 0) is 6.92 Å². The summed E-state index contributed by atoms with van der Waals surface area (Å²) >= 11 is 0. The summed E-state index contributed by atoms with van der Waals surface area (Å²) in [6, 6.07) is 0. The van der Waals surface area contributed by atoms with Crippen LogP contribution in [0.3, 0.4) is 0 Å². The van der Waals surface area contributed by atoms with E-state index in [1.54, 1.807) is 6.92 Å². The molecule has 0 amide bonds. The molecule has 0 aromatic heterocycles. The minimum Gasteiger partial charge on any atom is -0.480 e. The Hall–Kier alpha value is 0.01000. The molecule has 0 fully saturated rings. The Morgan fingerprint density at radius 3 is 2.11 bits per heavy atom. The minimum atomic E-state index is -0.915. The van der Waals surface area contributed by atoms with Crippen LogP contribution >= 0.6 is 24.8 Å². The maximum absolute atomic E-state index is 9.63. The van der Waals surface area contributed by atoms with Crippen molar-refractivity contribution in [2.75, 3.05) is 13.2 Å². The zero-order valence-corrected chi connectivity index (χ0v) is 6.63. The lowest BCUT2D eigenvalue weighted by molar-refractivity contribution is -0.142. The summed E-state index contributed by atoms with van der Waals surface area (Å²) < 4.78 is 4.50. The molecule has 0 aliphatic carbocycles. The van der Waals surface area contributed by atoms with Crippen LogP contribution in [-0.2, 0) is 9.53 Å². The Labute approximate surface area is 66.2 Å². The third kappa shape index (κ3) is 18.0. The molecule has 1 N–H and O–H groups in total. The minimum absolute atomic E-state index is 0. The molecule has 0 aromatic rings. The fourth-order valence-corrected chi connectivity index (χ4v) is 0.189. The molecule has 0 aliphatic rings. The van der Waals surface area contributed by atoms with Crippen molar-refractivity contribution in [3.05, 3.63) is 0 Å². The first kappa shape index (κ1) is 16.0. The first-order chi connectivity index (χ1) is 3.27. The molecule has 3 nitrogen and oxygen atoms in total. The normalized spacial score (nSPS) is 6.78. The predicted molar refractivity (Wildman–Crippen MR) is 38.6 cm³/mol. The molecule has 5 heteroatoms. The third-order valence-corrected chi connectivity index (χ3v) is 0.430. The molecule has 58 valence electrons. The Morgan fingerprint density at radius 1 is 1.56 bits per heavy atom. The number of rotatable bonds is 3. The summed E-state index contributed by atoms with van der Waals surface area (Å²) in [5, 5.41) is 7.92. The number of carbonyl (C=O) groups is 1. The maximum atomic E-state index is 9.63. The van der Waals surface area contributed by atoms with Crippen LogP contribution in [0.5, 0.6) is 0 Å². The SMILES string of the molecule is CCOCC(=O)O.Cl.Cl. The summed E-state index contributed by atoms with van der Waals surface area (Å²) in [6.45, 7) is 2.03. The second-order valence-corrected chi connectivity index (χ2v) is 1.03. The lowest BCUT2D eigenvalue weighted by Crippen LogP contribution is -2.05. The lowest BCUT2D eigenvalue weighted by Gasteiger charge is -1.90. The van der Waals surface area contributed by atoms with Gasteiger partial charge in [0.05, 0.1) is 0 Å². The van der Waals surface area contributed by atoms with Crippen molar-refractivity contribution in [2.45, 2.75) is 6.92 Å². The maximum Gasteiger partial charge on any atom is 0.329 e. The highest BCUT2D eigenvalue weighted by molar-refractivity contribution is 5.85. The Kier molecular flexibility index (Phi) is 19.4. The molecule has 0 aliphatic heterocycles. The highest BCUT2D eigenvalue weighted by Crippen LogP contribution is 1.69. The van der Waals surface area contributed by atoms with Gasteiger partial charge >= 0.3 is 5.97 Å². The van der Waals surface area contributed by atoms with Crippen molar-refractivity contribution in [3.63, 3.8) is 0 Å². The van der Waals surface area contributed by atoms with E-state index >= 15 is 0 Å². The van der Waals surface area contributed by atoms with Crippen molar-refractivity contribution in [2.24, 2.45) is 0 Å². The Balaban J connectivity index is -0.000000180. The van der Waals surface area contributed by atoms with Crippen LogP contribution in [0.4, 0.5) is 0 Å². The second kappa shape index (κ2) is 10.9. The Bertz CT molecular complexity index is 66.8. The van der Waals surface area contributed by atoms with E-state index in [-0.39, 0.29) is 31.4 Å². The van der Waals surface area contributed by atoms with Crippen LogP contribution in [0.15, 0.2) is 0 Å². The first-order valence-electron chi connectivity index (χ1n) is 2.07. The monoisotopic (exact) mass is 176 g/mol. The fourth-order valence-electron chi connectivity index (χ4n) is 0.189. The third-order valence-electron chi connectivity index (χ3n) is 0.430. The van der Waals surface area contributed by atoms with Gasteiger partial charge in [-0.15, -0.1) is 24.8 Å². The van der Waals surface area contributed by atoms with Crippen LogP contribution in [0, 0.1) is 0 Å². The van der Waals surface area contributed by atoms with E-state index in [4.69, 9.17) is 5.11 Å². The van der Waals surface area contributed by atoms with Crippen LogP contribution in [0.2, 0.25) is 0 Å². The molecule has 0 radical (unpaired) electrons. The highest BCUT2D eigenvalue weighted by atomic mass is 35.5. The average molecular weight is 177 g/mol. The lowest BCUT2D eigenvalue weighted by atomic mass is 10.7. The molecule has 0 saturated carbocycles. The standard InChI is InChI=1S/C4H8O3.2ClH/c1-2-7-3-4(5)6;;/h2-3H2,1H3,(H,5,6);2*1H. The second-order valence-electron chi connectivity index (χ2n) is 1.03. The fraction of sp³-hybridized carbons (Fsp3) is 0.750. The van der Waals surface area contributed by atoms with E-state index in [2.05, 4.69) is 4.74 Å². The molecule has 0 rings (SSSR count). The number of carboxylic acid groups (broad SMARTS) is 1. The van der Waals surface area contributed by atoms with Crippen molar-refractivity contribution in [1.82, 2.24) is 0 Å². The summed E-state index contributed by atoms with van der Waals surface area (Å²) in [4.78, 5) is 9.63. The van der Waals surface area contributed by atoms with E-state index in [0.29, 0.717) is 6.61 Å².